The van der Waals surface area contributed by atoms with Crippen LogP contribution in [0.15, 0.2) is 54.7 Å². The maximum atomic E-state index is 12.6. The topological polar surface area (TPSA) is 51.2 Å². The summed E-state index contributed by atoms with van der Waals surface area (Å²) in [6, 6.07) is 12.6. The van der Waals surface area contributed by atoms with E-state index in [1.54, 1.807) is 13.3 Å². The maximum Gasteiger partial charge on any atom is 0.416 e. The number of rotatable bonds is 7. The molecular formula is C21H19F3N2O2S. The third kappa shape index (κ3) is 6.05. The normalized spacial score (nSPS) is 11.3. The van der Waals surface area contributed by atoms with Crippen LogP contribution in [0, 0.1) is 0 Å². The van der Waals surface area contributed by atoms with Crippen molar-refractivity contribution in [2.45, 2.75) is 25.4 Å². The summed E-state index contributed by atoms with van der Waals surface area (Å²) in [5.74, 6) is 0.596. The number of carbonyl (C=O) groups is 1. The van der Waals surface area contributed by atoms with E-state index in [2.05, 4.69) is 10.3 Å². The first-order valence-electron chi connectivity index (χ1n) is 8.87. The third-order valence-corrected chi connectivity index (χ3v) is 5.15. The molecule has 0 spiro atoms. The average Bonchev–Trinajstić information content (AvgIpc) is 3.13. The fourth-order valence-corrected chi connectivity index (χ4v) is 3.59. The molecule has 1 amide bonds. The number of halogens is 3. The van der Waals surface area contributed by atoms with Gasteiger partial charge in [0.1, 0.15) is 5.75 Å². The van der Waals surface area contributed by atoms with Crippen LogP contribution in [0.5, 0.6) is 5.75 Å². The Kier molecular flexibility index (Phi) is 6.53. The molecule has 0 bridgehead atoms. The Morgan fingerprint density at radius 2 is 1.90 bits per heavy atom. The van der Waals surface area contributed by atoms with E-state index in [1.165, 1.54) is 23.5 Å². The van der Waals surface area contributed by atoms with Crippen LogP contribution in [-0.4, -0.2) is 18.0 Å². The molecule has 152 valence electrons. The van der Waals surface area contributed by atoms with Crippen LogP contribution in [0.3, 0.4) is 0 Å². The van der Waals surface area contributed by atoms with E-state index in [0.29, 0.717) is 24.4 Å². The third-order valence-electron chi connectivity index (χ3n) is 4.23. The number of nitrogens with zero attached hydrogens (tertiary/aromatic N) is 1. The minimum atomic E-state index is -4.34. The Morgan fingerprint density at radius 3 is 2.59 bits per heavy atom. The van der Waals surface area contributed by atoms with E-state index in [4.69, 9.17) is 4.74 Å². The lowest BCUT2D eigenvalue weighted by Crippen LogP contribution is -2.12. The summed E-state index contributed by atoms with van der Waals surface area (Å²) in [4.78, 5) is 17.2. The summed E-state index contributed by atoms with van der Waals surface area (Å²) in [6.07, 6.45) is -1.38. The van der Waals surface area contributed by atoms with Gasteiger partial charge in [-0.05, 0) is 41.8 Å². The summed E-state index contributed by atoms with van der Waals surface area (Å²) in [5.41, 5.74) is 1.08. The van der Waals surface area contributed by atoms with Gasteiger partial charge in [0, 0.05) is 23.9 Å². The summed E-state index contributed by atoms with van der Waals surface area (Å²) in [5, 5.41) is 3.24. The lowest BCUT2D eigenvalue weighted by atomic mass is 10.1. The molecule has 0 fully saturated rings. The lowest BCUT2D eigenvalue weighted by molar-refractivity contribution is -0.137. The molecule has 0 saturated heterocycles. The van der Waals surface area contributed by atoms with Crippen molar-refractivity contribution in [1.29, 1.82) is 0 Å². The Morgan fingerprint density at radius 1 is 1.14 bits per heavy atom. The Balaban J connectivity index is 1.52. The van der Waals surface area contributed by atoms with E-state index in [9.17, 15) is 18.0 Å². The van der Waals surface area contributed by atoms with Gasteiger partial charge in [0.2, 0.25) is 5.91 Å². The number of aryl methyl sites for hydroxylation is 1. The molecule has 8 heteroatoms. The molecule has 3 rings (SSSR count). The fraction of sp³-hybridized carbons (Fsp3) is 0.238. The number of carbonyl (C=O) groups excluding carboxylic acids is 1. The number of aromatic nitrogens is 1. The second kappa shape index (κ2) is 9.09. The minimum absolute atomic E-state index is 0.150. The predicted octanol–water partition coefficient (Wildman–Crippen LogP) is 5.33. The number of methoxy groups -OCH3 is 1. The van der Waals surface area contributed by atoms with Crippen molar-refractivity contribution in [3.63, 3.8) is 0 Å². The number of amides is 1. The van der Waals surface area contributed by atoms with Crippen molar-refractivity contribution in [1.82, 2.24) is 4.98 Å². The molecule has 2 aromatic carbocycles. The molecule has 4 nitrogen and oxygen atoms in total. The summed E-state index contributed by atoms with van der Waals surface area (Å²) in [6.45, 7) is 0. The molecular weight excluding hydrogens is 401 g/mol. The zero-order chi connectivity index (χ0) is 20.9. The molecule has 1 aromatic heterocycles. The van der Waals surface area contributed by atoms with E-state index >= 15 is 0 Å². The molecule has 0 saturated carbocycles. The lowest BCUT2D eigenvalue weighted by Gasteiger charge is -2.07. The second-order valence-electron chi connectivity index (χ2n) is 6.40. The van der Waals surface area contributed by atoms with Crippen molar-refractivity contribution in [2.75, 3.05) is 12.4 Å². The maximum absolute atomic E-state index is 12.6. The molecule has 1 heterocycles. The Hall–Kier alpha value is -2.87. The van der Waals surface area contributed by atoms with Crippen molar-refractivity contribution in [3.8, 4) is 5.75 Å². The van der Waals surface area contributed by atoms with Gasteiger partial charge < -0.3 is 10.1 Å². The van der Waals surface area contributed by atoms with Crippen molar-refractivity contribution in [3.05, 3.63) is 76.3 Å². The first kappa shape index (κ1) is 20.9. The highest BCUT2D eigenvalue weighted by molar-refractivity contribution is 7.15. The van der Waals surface area contributed by atoms with Gasteiger partial charge in [0.25, 0.3) is 0 Å². The van der Waals surface area contributed by atoms with Gasteiger partial charge in [-0.3, -0.25) is 4.79 Å². The first-order valence-corrected chi connectivity index (χ1v) is 9.69. The Labute approximate surface area is 170 Å². The van der Waals surface area contributed by atoms with Gasteiger partial charge in [0.05, 0.1) is 12.7 Å². The quantitative estimate of drug-likeness (QED) is 0.562. The summed E-state index contributed by atoms with van der Waals surface area (Å²) in [7, 11) is 1.59. The summed E-state index contributed by atoms with van der Waals surface area (Å²) >= 11 is 1.31. The number of anilines is 1. The molecule has 0 unspecified atom stereocenters. The molecule has 0 atom stereocenters. The smallest absolute Gasteiger partial charge is 0.416 e. The van der Waals surface area contributed by atoms with Gasteiger partial charge in [-0.25, -0.2) is 4.98 Å². The Bertz CT molecular complexity index is 969. The highest BCUT2D eigenvalue weighted by Crippen LogP contribution is 2.30. The van der Waals surface area contributed by atoms with Crippen LogP contribution in [0.1, 0.15) is 28.0 Å². The van der Waals surface area contributed by atoms with Gasteiger partial charge in [-0.2, -0.15) is 13.2 Å². The van der Waals surface area contributed by atoms with E-state index in [1.807, 2.05) is 24.3 Å². The summed E-state index contributed by atoms with van der Waals surface area (Å²) < 4.78 is 43.0. The van der Waals surface area contributed by atoms with Crippen molar-refractivity contribution >= 4 is 22.4 Å². The van der Waals surface area contributed by atoms with Crippen LogP contribution >= 0.6 is 11.3 Å². The largest absolute Gasteiger partial charge is 0.497 e. The van der Waals surface area contributed by atoms with Crippen LogP contribution in [0.25, 0.3) is 0 Å². The molecule has 0 aliphatic carbocycles. The van der Waals surface area contributed by atoms with E-state index < -0.39 is 11.7 Å². The van der Waals surface area contributed by atoms with Gasteiger partial charge in [-0.1, -0.05) is 24.3 Å². The number of nitrogens with one attached hydrogen (secondary N) is 1. The monoisotopic (exact) mass is 420 g/mol. The van der Waals surface area contributed by atoms with E-state index in [-0.39, 0.29) is 5.91 Å². The van der Waals surface area contributed by atoms with Gasteiger partial charge in [0.15, 0.2) is 5.13 Å². The standard InChI is InChI=1S/C21H19F3N2O2S/c1-28-17-4-2-3-14(11-17)7-10-19(27)26-20-25-13-18(29-20)12-15-5-8-16(9-6-15)21(22,23)24/h2-6,8-9,11,13H,7,10,12H2,1H3,(H,25,26,27). The average molecular weight is 420 g/mol. The SMILES string of the molecule is COc1cccc(CCC(=O)Nc2ncc(Cc3ccc(C(F)(F)F)cc3)s2)c1. The highest BCUT2D eigenvalue weighted by Gasteiger charge is 2.29. The molecule has 1 N–H and O–H groups in total. The molecule has 0 radical (unpaired) electrons. The van der Waals surface area contributed by atoms with Crippen LogP contribution in [0.2, 0.25) is 0 Å². The van der Waals surface area contributed by atoms with Gasteiger partial charge in [-0.15, -0.1) is 11.3 Å². The predicted molar refractivity (Wildman–Crippen MR) is 106 cm³/mol. The van der Waals surface area contributed by atoms with Gasteiger partial charge >= 0.3 is 6.18 Å². The fourth-order valence-electron chi connectivity index (χ4n) is 2.73. The number of thiazole rings is 1. The molecule has 29 heavy (non-hydrogen) atoms. The molecule has 0 aliphatic heterocycles. The zero-order valence-electron chi connectivity index (χ0n) is 15.6. The van der Waals surface area contributed by atoms with Crippen LogP contribution in [-0.2, 0) is 23.8 Å². The van der Waals surface area contributed by atoms with Crippen molar-refractivity contribution < 1.29 is 22.7 Å². The van der Waals surface area contributed by atoms with Crippen LogP contribution < -0.4 is 10.1 Å². The first-order chi connectivity index (χ1) is 13.8. The minimum Gasteiger partial charge on any atom is -0.497 e. The van der Waals surface area contributed by atoms with E-state index in [0.717, 1.165) is 33.9 Å². The number of hydrogen-bond donors (Lipinski definition) is 1. The second-order valence-corrected chi connectivity index (χ2v) is 7.52. The number of ether oxygens (including phenoxy) is 1. The molecule has 0 aliphatic rings. The number of alkyl halides is 3. The molecule has 3 aromatic rings. The zero-order valence-corrected chi connectivity index (χ0v) is 16.4. The highest BCUT2D eigenvalue weighted by atomic mass is 32.1. The van der Waals surface area contributed by atoms with Crippen molar-refractivity contribution in [2.24, 2.45) is 0 Å². The number of hydrogen-bond acceptors (Lipinski definition) is 4. The van der Waals surface area contributed by atoms with Crippen LogP contribution in [0.4, 0.5) is 18.3 Å². The number of benzene rings is 2.